The first kappa shape index (κ1) is 27.8. The molecule has 1 atom stereocenters. The van der Waals surface area contributed by atoms with Gasteiger partial charge in [0.1, 0.15) is 18.2 Å². The Morgan fingerprint density at radius 3 is 2.65 bits per heavy atom. The maximum absolute atomic E-state index is 14.2. The molecule has 2 aliphatic heterocycles. The molecule has 0 aliphatic carbocycles. The molecule has 7 rings (SSSR count). The topological polar surface area (TPSA) is 98.4 Å². The Kier molecular flexibility index (Phi) is 7.73. The maximum Gasteiger partial charge on any atom is 0.280 e. The van der Waals surface area contributed by atoms with E-state index >= 15 is 0 Å². The van der Waals surface area contributed by atoms with Crippen LogP contribution < -0.4 is 10.3 Å². The summed E-state index contributed by atoms with van der Waals surface area (Å²) in [6.07, 6.45) is 3.13. The Hall–Kier alpha value is -3.99. The number of likely N-dealkylation sites (tertiary alicyclic amines) is 1. The zero-order valence-corrected chi connectivity index (χ0v) is 24.2. The van der Waals surface area contributed by atoms with Crippen LogP contribution in [0.15, 0.2) is 70.0 Å². The van der Waals surface area contributed by atoms with Crippen molar-refractivity contribution in [3.05, 3.63) is 98.9 Å². The number of aromatic nitrogens is 4. The number of fused-ring (bicyclic) bond motifs is 1. The molecule has 11 heteroatoms. The summed E-state index contributed by atoms with van der Waals surface area (Å²) in [6.45, 7) is 4.17. The normalized spacial score (nSPS) is 17.8. The lowest BCUT2D eigenvalue weighted by Crippen LogP contribution is -2.35. The molecule has 1 N–H and O–H groups in total. The molecule has 2 aromatic carbocycles. The van der Waals surface area contributed by atoms with E-state index in [2.05, 4.69) is 14.6 Å². The smallest absolute Gasteiger partial charge is 0.280 e. The molecule has 2 saturated heterocycles. The molecule has 9 nitrogen and oxygen atoms in total. The van der Waals surface area contributed by atoms with E-state index in [0.717, 1.165) is 80.2 Å². The number of ether oxygens (including phenoxy) is 2. The van der Waals surface area contributed by atoms with Crippen LogP contribution in [-0.2, 0) is 24.4 Å². The first-order valence-electron chi connectivity index (χ1n) is 14.5. The summed E-state index contributed by atoms with van der Waals surface area (Å²) in [6, 6.07) is 17.8. The van der Waals surface area contributed by atoms with E-state index in [9.17, 15) is 9.18 Å². The zero-order valence-electron chi connectivity index (χ0n) is 23.5. The van der Waals surface area contributed by atoms with Gasteiger partial charge in [0.2, 0.25) is 5.88 Å². The van der Waals surface area contributed by atoms with Gasteiger partial charge >= 0.3 is 0 Å². The highest BCUT2D eigenvalue weighted by Crippen LogP contribution is 2.31. The number of benzene rings is 2. The molecular formula is C32H31ClFN5O4. The highest BCUT2D eigenvalue weighted by atomic mass is 35.5. The molecule has 0 radical (unpaired) electrons. The zero-order chi connectivity index (χ0) is 29.3. The third-order valence-electron chi connectivity index (χ3n) is 8.32. The predicted molar refractivity (Wildman–Crippen MR) is 160 cm³/mol. The summed E-state index contributed by atoms with van der Waals surface area (Å²) in [5.41, 5.74) is 3.90. The van der Waals surface area contributed by atoms with E-state index in [4.69, 9.17) is 35.6 Å². The highest BCUT2D eigenvalue weighted by Gasteiger charge is 2.26. The minimum absolute atomic E-state index is 0.0892. The molecule has 2 fully saturated rings. The quantitative estimate of drug-likeness (QED) is 0.223. The van der Waals surface area contributed by atoms with E-state index in [0.29, 0.717) is 28.1 Å². The van der Waals surface area contributed by atoms with Gasteiger partial charge in [-0.1, -0.05) is 23.7 Å². The van der Waals surface area contributed by atoms with Crippen LogP contribution in [0, 0.1) is 5.82 Å². The molecule has 3 aromatic heterocycles. The number of piperidine rings is 1. The number of pyridine rings is 1. The lowest BCUT2D eigenvalue weighted by molar-refractivity contribution is -0.0592. The van der Waals surface area contributed by atoms with Crippen molar-refractivity contribution in [2.75, 3.05) is 19.7 Å². The summed E-state index contributed by atoms with van der Waals surface area (Å²) in [5, 5.41) is 2.72. The van der Waals surface area contributed by atoms with Crippen molar-refractivity contribution in [1.29, 1.82) is 0 Å². The van der Waals surface area contributed by atoms with E-state index in [1.54, 1.807) is 18.2 Å². The number of rotatable bonds is 9. The van der Waals surface area contributed by atoms with Crippen molar-refractivity contribution < 1.29 is 18.4 Å². The number of H-pyrrole nitrogens is 1. The van der Waals surface area contributed by atoms with Crippen molar-refractivity contribution in [2.24, 2.45) is 0 Å². The number of aromatic amines is 1. The summed E-state index contributed by atoms with van der Waals surface area (Å²) < 4.78 is 33.4. The lowest BCUT2D eigenvalue weighted by Gasteiger charge is -2.32. The van der Waals surface area contributed by atoms with Crippen LogP contribution >= 0.6 is 11.6 Å². The van der Waals surface area contributed by atoms with Crippen molar-refractivity contribution >= 4 is 22.6 Å². The van der Waals surface area contributed by atoms with Crippen LogP contribution in [0.25, 0.3) is 22.4 Å². The number of hydrogen-bond acceptors (Lipinski definition) is 7. The summed E-state index contributed by atoms with van der Waals surface area (Å²) in [5.74, 6) is 1.91. The first-order valence-corrected chi connectivity index (χ1v) is 14.9. The Morgan fingerprint density at radius 2 is 1.91 bits per heavy atom. The predicted octanol–water partition coefficient (Wildman–Crippen LogP) is 5.92. The molecule has 0 spiro atoms. The van der Waals surface area contributed by atoms with Crippen LogP contribution in [0.4, 0.5) is 4.39 Å². The minimum Gasteiger partial charge on any atom is -0.473 e. The molecule has 1 unspecified atom stereocenters. The first-order chi connectivity index (χ1) is 21.0. The van der Waals surface area contributed by atoms with Gasteiger partial charge in [0.25, 0.3) is 5.56 Å². The minimum atomic E-state index is -0.390. The molecular weight excluding hydrogens is 573 g/mol. The number of nitrogens with one attached hydrogen (secondary N) is 1. The molecule has 5 aromatic rings. The second kappa shape index (κ2) is 11.9. The van der Waals surface area contributed by atoms with E-state index in [1.165, 1.54) is 12.1 Å². The Balaban J connectivity index is 1.03. The van der Waals surface area contributed by atoms with Crippen molar-refractivity contribution in [3.8, 4) is 17.2 Å². The Labute approximate surface area is 252 Å². The SMILES string of the molecule is O=c1cc(-c2ccc3nc(CN4CCC(c5cccc(OCc6ccc(Cl)cc6F)n5)CC4)n(CC4CCO4)c3c2)o[nH]1. The molecule has 43 heavy (non-hydrogen) atoms. The maximum atomic E-state index is 14.2. The van der Waals surface area contributed by atoms with Gasteiger partial charge in [-0.2, -0.15) is 5.16 Å². The highest BCUT2D eigenvalue weighted by molar-refractivity contribution is 6.30. The second-order valence-electron chi connectivity index (χ2n) is 11.2. The van der Waals surface area contributed by atoms with Gasteiger partial charge in [-0.15, -0.1) is 0 Å². The average Bonchev–Trinajstić information content (AvgIpc) is 3.57. The van der Waals surface area contributed by atoms with Crippen LogP contribution in [0.2, 0.25) is 5.02 Å². The molecule has 2 aliphatic rings. The van der Waals surface area contributed by atoms with Gasteiger partial charge in [-0.25, -0.2) is 14.4 Å². The summed E-state index contributed by atoms with van der Waals surface area (Å²) in [4.78, 5) is 23.8. The van der Waals surface area contributed by atoms with Crippen LogP contribution in [-0.4, -0.2) is 50.4 Å². The molecule has 5 heterocycles. The number of hydrogen-bond donors (Lipinski definition) is 1. The average molecular weight is 604 g/mol. The van der Waals surface area contributed by atoms with E-state index < -0.39 is 0 Å². The van der Waals surface area contributed by atoms with Gasteiger partial charge in [0.15, 0.2) is 5.76 Å². The fraction of sp³-hybridized carbons (Fsp3) is 0.344. The van der Waals surface area contributed by atoms with Gasteiger partial charge in [0.05, 0.1) is 36.3 Å². The van der Waals surface area contributed by atoms with Gasteiger partial charge in [-0.05, 0) is 68.8 Å². The third-order valence-corrected chi connectivity index (χ3v) is 8.56. The summed E-state index contributed by atoms with van der Waals surface area (Å²) in [7, 11) is 0. The fourth-order valence-electron chi connectivity index (χ4n) is 5.82. The van der Waals surface area contributed by atoms with Gasteiger partial charge in [0, 0.05) is 40.4 Å². The van der Waals surface area contributed by atoms with Crippen molar-refractivity contribution in [3.63, 3.8) is 0 Å². The van der Waals surface area contributed by atoms with Crippen LogP contribution in [0.1, 0.15) is 42.3 Å². The Bertz CT molecular complexity index is 1810. The number of halogens is 2. The molecule has 222 valence electrons. The van der Waals surface area contributed by atoms with Crippen LogP contribution in [0.3, 0.4) is 0 Å². The number of nitrogens with zero attached hydrogens (tertiary/aromatic N) is 4. The van der Waals surface area contributed by atoms with E-state index in [-0.39, 0.29) is 24.1 Å². The second-order valence-corrected chi connectivity index (χ2v) is 11.6. The largest absolute Gasteiger partial charge is 0.473 e. The van der Waals surface area contributed by atoms with Gasteiger partial charge in [-0.3, -0.25) is 9.69 Å². The van der Waals surface area contributed by atoms with Crippen molar-refractivity contribution in [1.82, 2.24) is 24.6 Å². The Morgan fingerprint density at radius 1 is 1.05 bits per heavy atom. The lowest BCUT2D eigenvalue weighted by atomic mass is 9.93. The number of imidazole rings is 1. The standard InChI is InChI=1S/C32H31ClFN5O4/c33-23-6-4-22(25(34)15-23)19-42-32-3-1-2-26(36-32)20-8-11-38(12-9-20)18-30-35-27-7-5-21(29-16-31(40)37-43-29)14-28(27)39(30)17-24-10-13-41-24/h1-7,14-16,20,24H,8-13,17-19H2,(H,37,40). The third kappa shape index (κ3) is 6.08. The summed E-state index contributed by atoms with van der Waals surface area (Å²) >= 11 is 5.86. The molecule has 0 saturated carbocycles. The van der Waals surface area contributed by atoms with Crippen LogP contribution in [0.5, 0.6) is 5.88 Å². The van der Waals surface area contributed by atoms with Gasteiger partial charge < -0.3 is 18.6 Å². The fourth-order valence-corrected chi connectivity index (χ4v) is 5.98. The monoisotopic (exact) mass is 603 g/mol. The molecule has 0 amide bonds. The van der Waals surface area contributed by atoms with E-state index in [1.807, 2.05) is 30.3 Å². The molecule has 0 bridgehead atoms. The van der Waals surface area contributed by atoms with Crippen molar-refractivity contribution in [2.45, 2.75) is 51.0 Å².